The molecule has 0 unspecified atom stereocenters. The SMILES string of the molecule is COc1cc2c(C)ccc3c2c(n1)-c1cccc(Nc2cc(Nc4nc(O)nc(Nc5ccc(C)cc5)n4)ccc2C)c1C3=O.Cc1cc(C)c(Nc2ccc3cc(=O)[nH]c4c3c2C(=O)c2ccccc2-4)c(C)c1. The molecule has 7 aromatic carbocycles. The molecule has 0 aliphatic heterocycles. The number of anilines is 8. The van der Waals surface area contributed by atoms with Gasteiger partial charge in [-0.2, -0.15) is 15.0 Å². The van der Waals surface area contributed by atoms with Gasteiger partial charge in [0.2, 0.25) is 23.3 Å². The number of aryl methyl sites for hydroxylation is 6. The molecule has 10 aromatic rings. The number of methoxy groups -OCH3 is 1. The second-order valence-electron chi connectivity index (χ2n) is 18.7. The average Bonchev–Trinajstić information content (AvgIpc) is 3.39. The number of aromatic nitrogens is 5. The van der Waals surface area contributed by atoms with E-state index in [1.54, 1.807) is 13.2 Å². The number of carbonyl (C=O) groups is 2. The molecular weight excluding hydrogens is 927 g/mol. The molecule has 3 aromatic heterocycles. The highest BCUT2D eigenvalue weighted by Gasteiger charge is 2.31. The van der Waals surface area contributed by atoms with E-state index < -0.39 is 6.01 Å². The summed E-state index contributed by atoms with van der Waals surface area (Å²) in [5.74, 6) is 0.755. The smallest absolute Gasteiger partial charge is 0.320 e. The molecule has 74 heavy (non-hydrogen) atoms. The number of nitrogens with zero attached hydrogens (tertiary/aromatic N) is 4. The second-order valence-corrected chi connectivity index (χ2v) is 18.7. The third-order valence-corrected chi connectivity index (χ3v) is 13.5. The topological polar surface area (TPSA) is 196 Å². The van der Waals surface area contributed by atoms with Gasteiger partial charge in [-0.05, 0) is 111 Å². The van der Waals surface area contributed by atoms with Crippen LogP contribution in [0.5, 0.6) is 11.9 Å². The minimum absolute atomic E-state index is 0.0318. The van der Waals surface area contributed by atoms with Gasteiger partial charge in [-0.25, -0.2) is 4.98 Å². The van der Waals surface area contributed by atoms with Crippen molar-refractivity contribution in [1.82, 2.24) is 24.9 Å². The van der Waals surface area contributed by atoms with Crippen molar-refractivity contribution in [2.45, 2.75) is 41.5 Å². The lowest BCUT2D eigenvalue weighted by atomic mass is 9.83. The van der Waals surface area contributed by atoms with E-state index in [2.05, 4.69) is 74.1 Å². The van der Waals surface area contributed by atoms with Gasteiger partial charge >= 0.3 is 6.01 Å². The number of aromatic amines is 1. The molecule has 2 aliphatic rings. The number of ether oxygens (including phenoxy) is 1. The summed E-state index contributed by atoms with van der Waals surface area (Å²) < 4.78 is 5.53. The molecule has 14 heteroatoms. The molecule has 0 amide bonds. The highest BCUT2D eigenvalue weighted by atomic mass is 16.5. The Hall–Kier alpha value is -9.69. The van der Waals surface area contributed by atoms with Crippen LogP contribution >= 0.6 is 0 Å². The number of H-pyrrole nitrogens is 1. The van der Waals surface area contributed by atoms with E-state index in [-0.39, 0.29) is 29.0 Å². The van der Waals surface area contributed by atoms with E-state index in [0.29, 0.717) is 45.2 Å². The lowest BCUT2D eigenvalue weighted by molar-refractivity contribution is 0.103. The van der Waals surface area contributed by atoms with Crippen molar-refractivity contribution in [3.8, 4) is 34.4 Å². The van der Waals surface area contributed by atoms with Crippen LogP contribution in [0, 0.1) is 41.5 Å². The van der Waals surface area contributed by atoms with E-state index >= 15 is 0 Å². The molecule has 0 radical (unpaired) electrons. The summed E-state index contributed by atoms with van der Waals surface area (Å²) in [4.78, 5) is 59.9. The van der Waals surface area contributed by atoms with E-state index in [4.69, 9.17) is 9.72 Å². The van der Waals surface area contributed by atoms with Crippen LogP contribution in [0.15, 0.2) is 138 Å². The summed E-state index contributed by atoms with van der Waals surface area (Å²) in [5.41, 5.74) is 16.4. The Morgan fingerprint density at radius 1 is 0.500 bits per heavy atom. The molecule has 3 heterocycles. The Labute approximate surface area is 425 Å². The van der Waals surface area contributed by atoms with Crippen LogP contribution in [-0.2, 0) is 0 Å². The van der Waals surface area contributed by atoms with Crippen LogP contribution in [-0.4, -0.2) is 48.7 Å². The fourth-order valence-electron chi connectivity index (χ4n) is 10.0. The van der Waals surface area contributed by atoms with Gasteiger partial charge in [0, 0.05) is 67.9 Å². The minimum Gasteiger partial charge on any atom is -0.481 e. The molecule has 6 N–H and O–H groups in total. The van der Waals surface area contributed by atoms with Crippen LogP contribution in [0.2, 0.25) is 0 Å². The Morgan fingerprint density at radius 2 is 1.16 bits per heavy atom. The largest absolute Gasteiger partial charge is 0.481 e. The van der Waals surface area contributed by atoms with Crippen molar-refractivity contribution < 1.29 is 19.4 Å². The highest BCUT2D eigenvalue weighted by Crippen LogP contribution is 2.45. The number of ketones is 2. The number of hydrogen-bond acceptors (Lipinski definition) is 13. The zero-order valence-electron chi connectivity index (χ0n) is 41.6. The molecule has 0 bridgehead atoms. The molecule has 12 rings (SSSR count). The van der Waals surface area contributed by atoms with E-state index in [9.17, 15) is 19.5 Å². The maximum absolute atomic E-state index is 14.0. The molecular formula is C60H49N9O5. The van der Waals surface area contributed by atoms with Crippen molar-refractivity contribution >= 4 is 79.1 Å². The summed E-state index contributed by atoms with van der Waals surface area (Å²) >= 11 is 0. The molecule has 0 atom stereocenters. The lowest BCUT2D eigenvalue weighted by Gasteiger charge is -2.23. The summed E-state index contributed by atoms with van der Waals surface area (Å²) in [7, 11) is 1.59. The van der Waals surface area contributed by atoms with Gasteiger partial charge in [-0.1, -0.05) is 96.1 Å². The van der Waals surface area contributed by atoms with Crippen LogP contribution in [0.25, 0.3) is 44.1 Å². The third-order valence-electron chi connectivity index (χ3n) is 13.5. The Morgan fingerprint density at radius 3 is 1.91 bits per heavy atom. The average molecular weight is 976 g/mol. The van der Waals surface area contributed by atoms with Gasteiger partial charge in [0.05, 0.1) is 41.0 Å². The number of fused-ring (bicyclic) bond motifs is 4. The summed E-state index contributed by atoms with van der Waals surface area (Å²) in [5, 5.41) is 26.8. The maximum Gasteiger partial charge on any atom is 0.320 e. The first-order chi connectivity index (χ1) is 35.7. The molecule has 0 saturated heterocycles. The lowest BCUT2D eigenvalue weighted by Crippen LogP contribution is -2.17. The highest BCUT2D eigenvalue weighted by molar-refractivity contribution is 6.29. The van der Waals surface area contributed by atoms with E-state index in [1.165, 1.54) is 5.56 Å². The zero-order chi connectivity index (χ0) is 51.5. The van der Waals surface area contributed by atoms with Crippen LogP contribution in [0.3, 0.4) is 0 Å². The monoisotopic (exact) mass is 975 g/mol. The van der Waals surface area contributed by atoms with Gasteiger partial charge in [0.25, 0.3) is 0 Å². The van der Waals surface area contributed by atoms with Crippen molar-refractivity contribution in [2.75, 3.05) is 28.4 Å². The van der Waals surface area contributed by atoms with Gasteiger partial charge in [0.1, 0.15) is 0 Å². The summed E-state index contributed by atoms with van der Waals surface area (Å²) in [6.45, 7) is 12.2. The van der Waals surface area contributed by atoms with Crippen LogP contribution in [0.4, 0.5) is 46.0 Å². The van der Waals surface area contributed by atoms with E-state index in [0.717, 1.165) is 88.9 Å². The van der Waals surface area contributed by atoms with Crippen molar-refractivity contribution in [3.05, 3.63) is 199 Å². The molecule has 14 nitrogen and oxygen atoms in total. The van der Waals surface area contributed by atoms with Gasteiger partial charge in [-0.15, -0.1) is 0 Å². The first-order valence-electron chi connectivity index (χ1n) is 24.0. The van der Waals surface area contributed by atoms with E-state index in [1.807, 2.05) is 136 Å². The molecule has 2 aliphatic carbocycles. The van der Waals surface area contributed by atoms with Crippen LogP contribution < -0.4 is 31.6 Å². The standard InChI is InChI=1S/C35H29N7O3.C25H20N2O2/c1-18-8-12-21(13-9-18)36-33-40-34(42-35(44)41-33)37-22-14-10-20(3)27(16-22)38-26-7-5-6-23-30(26)32(43)24-15-11-19(2)25-17-28(45-4)39-31(23)29(24)25;1-13-10-14(2)23(15(3)11-13)26-19-9-8-16-12-20(28)27-24-17-6-4-5-7-18(17)25(29)22(19)21(16)24/h5-17,38H,1-4H3,(H3,36,37,40,41,42,44);4-12,26H,1-3H3,(H,27,28). The predicted molar refractivity (Wildman–Crippen MR) is 293 cm³/mol. The normalized spacial score (nSPS) is 11.9. The minimum atomic E-state index is -0.419. The zero-order valence-corrected chi connectivity index (χ0v) is 41.6. The number of carbonyl (C=O) groups excluding carboxylic acids is 2. The number of benzene rings is 7. The molecule has 0 saturated carbocycles. The number of pyridine rings is 2. The predicted octanol–water partition coefficient (Wildman–Crippen LogP) is 12.9. The number of aromatic hydroxyl groups is 1. The van der Waals surface area contributed by atoms with Crippen LogP contribution in [0.1, 0.15) is 65.2 Å². The fraction of sp³-hybridized carbons (Fsp3) is 0.117. The van der Waals surface area contributed by atoms with Gasteiger partial charge < -0.3 is 36.1 Å². The van der Waals surface area contributed by atoms with Gasteiger partial charge in [-0.3, -0.25) is 14.4 Å². The third kappa shape index (κ3) is 8.47. The summed E-state index contributed by atoms with van der Waals surface area (Å²) in [6, 6.07) is 41.5. The Kier molecular flexibility index (Phi) is 11.7. The first-order valence-corrected chi connectivity index (χ1v) is 24.0. The Balaban J connectivity index is 0.000000174. The number of hydrogen-bond donors (Lipinski definition) is 6. The number of rotatable bonds is 9. The second kappa shape index (κ2) is 18.5. The quantitative estimate of drug-likeness (QED) is 0.0800. The summed E-state index contributed by atoms with van der Waals surface area (Å²) in [6.07, 6.45) is 0. The Bertz CT molecular complexity index is 4030. The molecule has 364 valence electrons. The molecule has 0 spiro atoms. The first kappa shape index (κ1) is 46.7. The molecule has 0 fully saturated rings. The van der Waals surface area contributed by atoms with Crippen molar-refractivity contribution in [3.63, 3.8) is 0 Å². The van der Waals surface area contributed by atoms with Gasteiger partial charge in [0.15, 0.2) is 11.6 Å². The van der Waals surface area contributed by atoms with Crippen molar-refractivity contribution in [1.29, 1.82) is 0 Å². The number of nitrogens with one attached hydrogen (secondary N) is 5. The maximum atomic E-state index is 14.0. The fourth-order valence-corrected chi connectivity index (χ4v) is 10.0. The van der Waals surface area contributed by atoms with Crippen molar-refractivity contribution in [2.24, 2.45) is 0 Å².